The molecule has 7 heteroatoms. The highest BCUT2D eigenvalue weighted by molar-refractivity contribution is 7.75. The molecule has 2 nitrogen and oxygen atoms in total. The largest absolute Gasteiger partial charge is 0.439 e. The molecule has 0 spiro atoms. The first-order chi connectivity index (χ1) is 6.09. The molecule has 0 saturated heterocycles. The summed E-state index contributed by atoms with van der Waals surface area (Å²) >= 11 is 0. The number of rotatable bonds is 2. The van der Waals surface area contributed by atoms with Crippen LogP contribution in [0.25, 0.3) is 0 Å². The van der Waals surface area contributed by atoms with Gasteiger partial charge in [-0.1, -0.05) is 0 Å². The monoisotopic (exact) mass is 244 g/mol. The summed E-state index contributed by atoms with van der Waals surface area (Å²) in [6.07, 6.45) is 0. The molecule has 1 aromatic carbocycles. The Morgan fingerprint density at radius 1 is 1.21 bits per heavy atom. The van der Waals surface area contributed by atoms with Gasteiger partial charge in [-0.05, 0) is 24.3 Å². The fourth-order valence-corrected chi connectivity index (χ4v) is 1.05. The first kappa shape index (κ1) is 13.2. The Bertz CT molecular complexity index is 362. The fourth-order valence-electron chi connectivity index (χ4n) is 0.646. The van der Waals surface area contributed by atoms with E-state index in [4.69, 9.17) is 0 Å². The molecule has 0 amide bonds. The highest BCUT2D eigenvalue weighted by atomic mass is 35.5. The third-order valence-corrected chi connectivity index (χ3v) is 1.87. The third-order valence-electron chi connectivity index (χ3n) is 1.17. The zero-order valence-corrected chi connectivity index (χ0v) is 8.33. The predicted molar refractivity (Wildman–Crippen MR) is 49.8 cm³/mol. The van der Waals surface area contributed by atoms with Crippen LogP contribution < -0.4 is 0 Å². The van der Waals surface area contributed by atoms with Crippen molar-refractivity contribution in [1.82, 2.24) is 0 Å². The Balaban J connectivity index is 0.00000169. The van der Waals surface area contributed by atoms with Crippen LogP contribution in [0.4, 0.5) is 18.9 Å². The molecule has 1 rings (SSSR count). The van der Waals surface area contributed by atoms with Crippen molar-refractivity contribution < 1.29 is 17.4 Å². The molecule has 0 saturated carbocycles. The number of benzene rings is 1. The summed E-state index contributed by atoms with van der Waals surface area (Å²) in [5.41, 5.74) is 0.0695. The molecule has 0 aliphatic carbocycles. The van der Waals surface area contributed by atoms with E-state index >= 15 is 0 Å². The molecule has 0 heterocycles. The van der Waals surface area contributed by atoms with Gasteiger partial charge in [-0.3, -0.25) is 0 Å². The molecule has 0 radical (unpaired) electrons. The van der Waals surface area contributed by atoms with Gasteiger partial charge in [-0.15, -0.1) is 23.0 Å². The zero-order valence-electron chi connectivity index (χ0n) is 6.69. The van der Waals surface area contributed by atoms with Crippen molar-refractivity contribution in [3.05, 3.63) is 30.1 Å². The lowest BCUT2D eigenvalue weighted by molar-refractivity contribution is 0.244. The molecular weight excluding hydrogens is 239 g/mol. The van der Waals surface area contributed by atoms with Crippen LogP contribution in [0, 0.1) is 5.82 Å². The Kier molecular flexibility index (Phi) is 5.56. The van der Waals surface area contributed by atoms with Crippen LogP contribution in [-0.4, -0.2) is 5.76 Å². The van der Waals surface area contributed by atoms with Gasteiger partial charge in [0.1, 0.15) is 5.82 Å². The van der Waals surface area contributed by atoms with Crippen molar-refractivity contribution >= 4 is 28.7 Å². The van der Waals surface area contributed by atoms with Crippen LogP contribution in [0.3, 0.4) is 0 Å². The minimum absolute atomic E-state index is 0. The van der Waals surface area contributed by atoms with Crippen molar-refractivity contribution in [3.63, 3.8) is 0 Å². The van der Waals surface area contributed by atoms with E-state index in [1.165, 1.54) is 12.1 Å². The topological polar surface area (TPSA) is 29.4 Å². The van der Waals surface area contributed by atoms with Crippen LogP contribution >= 0.6 is 12.4 Å². The van der Waals surface area contributed by atoms with Crippen LogP contribution in [-0.2, 0) is 14.8 Å². The molecule has 14 heavy (non-hydrogen) atoms. The Morgan fingerprint density at radius 3 is 2.14 bits per heavy atom. The fraction of sp³-hybridized carbons (Fsp3) is 0.143. The Hall–Kier alpha value is -0.750. The first-order valence-corrected chi connectivity index (χ1v) is 4.43. The van der Waals surface area contributed by atoms with Gasteiger partial charge in [-0.2, -0.15) is 0 Å². The highest BCUT2D eigenvalue weighted by Crippen LogP contribution is 2.13. The second kappa shape index (κ2) is 5.87. The smallest absolute Gasteiger partial charge is 0.209 e. The first-order valence-electron chi connectivity index (χ1n) is 3.26. The van der Waals surface area contributed by atoms with E-state index in [9.17, 15) is 17.4 Å². The lowest BCUT2D eigenvalue weighted by atomic mass is 10.3. The summed E-state index contributed by atoms with van der Waals surface area (Å²) in [7, 11) is -2.56. The summed E-state index contributed by atoms with van der Waals surface area (Å²) in [6, 6.07) is 4.47. The van der Waals surface area contributed by atoms with Crippen molar-refractivity contribution in [2.75, 3.05) is 0 Å². The third kappa shape index (κ3) is 3.97. The molecule has 0 N–H and O–H groups in total. The van der Waals surface area contributed by atoms with Crippen molar-refractivity contribution in [3.8, 4) is 0 Å². The van der Waals surface area contributed by atoms with E-state index in [0.717, 1.165) is 12.1 Å². The van der Waals surface area contributed by atoms with Gasteiger partial charge in [0.25, 0.3) is 0 Å². The average molecular weight is 245 g/mol. The van der Waals surface area contributed by atoms with Gasteiger partial charge in [0.15, 0.2) is 0 Å². The maximum Gasteiger partial charge on any atom is 0.209 e. The van der Waals surface area contributed by atoms with Crippen LogP contribution in [0.2, 0.25) is 0 Å². The molecule has 1 aromatic rings. The highest BCUT2D eigenvalue weighted by Gasteiger charge is 1.92. The van der Waals surface area contributed by atoms with Crippen molar-refractivity contribution in [2.45, 2.75) is 5.76 Å². The van der Waals surface area contributed by atoms with E-state index in [1.54, 1.807) is 0 Å². The average Bonchev–Trinajstić information content (AvgIpc) is 2.08. The van der Waals surface area contributed by atoms with E-state index in [-0.39, 0.29) is 18.1 Å². The molecule has 80 valence electrons. The Labute approximate surface area is 86.8 Å². The van der Waals surface area contributed by atoms with Gasteiger partial charge in [0.2, 0.25) is 5.76 Å². The van der Waals surface area contributed by atoms with Gasteiger partial charge in [0, 0.05) is 5.69 Å². The number of halogens is 4. The molecular formula is C7H6ClF3NOS-. The van der Waals surface area contributed by atoms with Crippen LogP contribution in [0.5, 0.6) is 0 Å². The minimum atomic E-state index is -3.01. The van der Waals surface area contributed by atoms with Crippen molar-refractivity contribution in [1.29, 1.82) is 0 Å². The summed E-state index contributed by atoms with van der Waals surface area (Å²) in [5, 5.41) is 0. The molecule has 0 aliphatic rings. The standard InChI is InChI=1S/C7H5F3NOS.ClH/c8-5-1-3-6(4-2-5)11-13(12)7(9)10;/h1-4,7H;1H/q-1;. The zero-order chi connectivity index (χ0) is 9.84. The molecule has 0 aromatic heterocycles. The predicted octanol–water partition coefficient (Wildman–Crippen LogP) is 3.25. The number of nitrogens with zero attached hydrogens (tertiary/aromatic N) is 1. The molecule has 0 bridgehead atoms. The normalized spacial score (nSPS) is 12.6. The quantitative estimate of drug-likeness (QED) is 0.735. The van der Waals surface area contributed by atoms with E-state index in [0.29, 0.717) is 0 Å². The van der Waals surface area contributed by atoms with Gasteiger partial charge < -0.3 is 8.57 Å². The van der Waals surface area contributed by atoms with E-state index in [2.05, 4.69) is 4.36 Å². The number of hydrogen-bond acceptors (Lipinski definition) is 3. The maximum absolute atomic E-state index is 12.3. The number of alkyl halides is 2. The summed E-state index contributed by atoms with van der Waals surface area (Å²) in [6.45, 7) is 0. The van der Waals surface area contributed by atoms with Gasteiger partial charge in [-0.25, -0.2) is 13.2 Å². The SMILES string of the molecule is Cl.O=[S-](=Nc1ccc(F)cc1)C(F)F. The summed E-state index contributed by atoms with van der Waals surface area (Å²) < 4.78 is 49.4. The van der Waals surface area contributed by atoms with E-state index < -0.39 is 22.2 Å². The van der Waals surface area contributed by atoms with Gasteiger partial charge in [0.05, 0.1) is 0 Å². The molecule has 0 unspecified atom stereocenters. The lowest BCUT2D eigenvalue weighted by Crippen LogP contribution is -1.88. The Morgan fingerprint density at radius 2 is 1.71 bits per heavy atom. The molecule has 0 aliphatic heterocycles. The lowest BCUT2D eigenvalue weighted by Gasteiger charge is -2.01. The molecule has 0 fully saturated rings. The number of hydrogen-bond donors (Lipinski definition) is 0. The van der Waals surface area contributed by atoms with Crippen LogP contribution in [0.15, 0.2) is 28.6 Å². The summed E-state index contributed by atoms with van der Waals surface area (Å²) in [5.74, 6) is -3.51. The van der Waals surface area contributed by atoms with Gasteiger partial charge >= 0.3 is 0 Å². The molecule has 0 atom stereocenters. The van der Waals surface area contributed by atoms with Crippen LogP contribution in [0.1, 0.15) is 0 Å². The maximum atomic E-state index is 12.3. The second-order valence-electron chi connectivity index (χ2n) is 2.10. The summed E-state index contributed by atoms with van der Waals surface area (Å²) in [4.78, 5) is 0. The minimum Gasteiger partial charge on any atom is -0.439 e. The van der Waals surface area contributed by atoms with Crippen molar-refractivity contribution in [2.24, 2.45) is 4.36 Å². The van der Waals surface area contributed by atoms with E-state index in [1.807, 2.05) is 0 Å². The second-order valence-corrected chi connectivity index (χ2v) is 3.20.